The maximum absolute atomic E-state index is 14.7. The van der Waals surface area contributed by atoms with Crippen molar-refractivity contribution in [3.63, 3.8) is 0 Å². The number of aromatic hydroxyl groups is 1. The van der Waals surface area contributed by atoms with Crippen molar-refractivity contribution in [1.29, 1.82) is 0 Å². The number of aliphatic hydroxyl groups is 6. The molecule has 3 aliphatic heterocycles. The smallest absolute Gasteiger partial charge is 0.341 e. The van der Waals surface area contributed by atoms with E-state index in [0.29, 0.717) is 12.2 Å². The van der Waals surface area contributed by atoms with Gasteiger partial charge in [0.15, 0.2) is 18.1 Å². The number of carbonyl (C=O) groups excluding carboxylic acids is 8. The third-order valence-corrected chi connectivity index (χ3v) is 16.1. The molecule has 470 valence electrons. The Morgan fingerprint density at radius 2 is 1.45 bits per heavy atom. The van der Waals surface area contributed by atoms with E-state index in [-0.39, 0.29) is 16.9 Å². The highest BCUT2D eigenvalue weighted by Crippen LogP contribution is 2.34. The minimum Gasteiger partial charge on any atom is -0.504 e. The molecule has 4 aromatic rings. The second-order valence-corrected chi connectivity index (χ2v) is 22.9. The van der Waals surface area contributed by atoms with E-state index >= 15 is 0 Å². The number of rotatable bonds is 19. The van der Waals surface area contributed by atoms with Crippen LogP contribution in [-0.2, 0) is 44.8 Å². The predicted octanol–water partition coefficient (Wildman–Crippen LogP) is -1.96. The number of nitrogens with two attached hydrogens (primary N) is 1. The number of phenolic OH excluding ortho intramolecular Hbond substituents is 1. The molecule has 0 saturated carbocycles. The summed E-state index contributed by atoms with van der Waals surface area (Å²) in [7, 11) is 0. The molecule has 28 nitrogen and oxygen atoms in total. The molecule has 7 rings (SSSR count). The van der Waals surface area contributed by atoms with Crippen molar-refractivity contribution in [2.24, 2.45) is 11.7 Å². The lowest BCUT2D eigenvalue weighted by Gasteiger charge is -2.33. The van der Waals surface area contributed by atoms with Crippen molar-refractivity contribution in [2.45, 2.75) is 139 Å². The summed E-state index contributed by atoms with van der Waals surface area (Å²) in [6.45, 7) is 2.68. The van der Waals surface area contributed by atoms with Gasteiger partial charge in [0.05, 0.1) is 54.5 Å². The fourth-order valence-electron chi connectivity index (χ4n) is 10.3. The molecule has 0 radical (unpaired) electrons. The standard InChI is InChI=1S/C58H73N9O19S/c1-4-5-6-17-85-36-14-12-33(13-15-36)56-61-24-43(87-56)31-8-10-32(11-9-31)51(78)62-37-20-34(69)23-60-55(82)49-50(77)28(2)25-67(49)58(84)48(41(73)22-44(59)74)65-54(81)47(40(72)18-30-7-16-39(71)42(19-30)86-27-45(75)76)64-53(80)38-21-35(70)26-66(38)57(83)46(29(3)68)63-52(37)79/h7-16,19,24,28-29,34-35,37-38,40-41,46-50,68-73,77H,4-6,17-18,20-23,25-27H2,1-3H3,(H2,59,74)(H,60,82)(H,62,78)(H,63,79)(H,64,80)(H,65,81)(H,75,76)/t28-,29+,34+,35+,37?,38-,40+,41+,46-,47-,48-,49-,50-/m0/s1. The predicted molar refractivity (Wildman–Crippen MR) is 308 cm³/mol. The number of unbranched alkanes of at least 4 members (excludes halogenated alkanes) is 2. The Hall–Kier alpha value is -8.32. The quantitative estimate of drug-likeness (QED) is 0.0453. The SMILES string of the molecule is CCCCCOc1ccc(-c2ncc(-c3ccc(C(=O)NC4C[C@@H](O)CNC(=O)[C@@H]5[C@@H](O)[C@@H](C)CN5C(=O)[C@H]([C@H](O)CC(N)=O)NC(=O)[C@H]([C@H](O)Cc5ccc(O)c(OCC(=O)O)c5)NC(=O)[C@@H]5C[C@@H](O)CN5C(=O)[C@H]([C@@H](C)O)NC4=O)cc3)s2)cc1. The van der Waals surface area contributed by atoms with Crippen molar-refractivity contribution >= 4 is 64.6 Å². The molecule has 3 aliphatic rings. The number of hydrogen-bond acceptors (Lipinski definition) is 20. The third-order valence-electron chi connectivity index (χ3n) is 15.0. The second-order valence-electron chi connectivity index (χ2n) is 21.8. The van der Waals surface area contributed by atoms with Gasteiger partial charge in [-0.2, -0.15) is 0 Å². The molecule has 0 bridgehead atoms. The number of hydrogen-bond donors (Lipinski definition) is 14. The number of primary amides is 1. The monoisotopic (exact) mass is 1230 g/mol. The van der Waals surface area contributed by atoms with E-state index in [0.717, 1.165) is 69.3 Å². The van der Waals surface area contributed by atoms with Crippen molar-refractivity contribution in [1.82, 2.24) is 41.4 Å². The van der Waals surface area contributed by atoms with Crippen molar-refractivity contribution in [3.8, 4) is 38.3 Å². The number of thiazole rings is 1. The number of phenols is 1. The molecule has 0 aliphatic carbocycles. The zero-order valence-electron chi connectivity index (χ0n) is 47.8. The number of ether oxygens (including phenoxy) is 2. The van der Waals surface area contributed by atoms with Gasteiger partial charge in [-0.05, 0) is 73.0 Å². The molecule has 1 unspecified atom stereocenters. The zero-order chi connectivity index (χ0) is 63.4. The summed E-state index contributed by atoms with van der Waals surface area (Å²) in [6, 6.07) is 5.52. The number of aliphatic hydroxyl groups excluding tert-OH is 6. The average Bonchev–Trinajstić information content (AvgIpc) is 2.58. The fraction of sp³-hybridized carbons (Fsp3) is 0.483. The van der Waals surface area contributed by atoms with Gasteiger partial charge in [-0.1, -0.05) is 44.9 Å². The van der Waals surface area contributed by atoms with Gasteiger partial charge in [-0.3, -0.25) is 38.4 Å². The largest absolute Gasteiger partial charge is 0.504 e. The van der Waals surface area contributed by atoms with Crippen LogP contribution >= 0.6 is 11.3 Å². The van der Waals surface area contributed by atoms with Gasteiger partial charge < -0.3 is 92.4 Å². The van der Waals surface area contributed by atoms with E-state index < -0.39 is 190 Å². The van der Waals surface area contributed by atoms with Gasteiger partial charge >= 0.3 is 5.97 Å². The Labute approximate surface area is 503 Å². The van der Waals surface area contributed by atoms with Crippen LogP contribution < -0.4 is 41.8 Å². The molecular weight excluding hydrogens is 1160 g/mol. The molecular formula is C58H73N9O19S. The van der Waals surface area contributed by atoms with Crippen LogP contribution in [0.1, 0.15) is 75.2 Å². The minimum absolute atomic E-state index is 0.0290. The first-order valence-corrected chi connectivity index (χ1v) is 29.1. The highest BCUT2D eigenvalue weighted by Gasteiger charge is 2.50. The van der Waals surface area contributed by atoms with Crippen molar-refractivity contribution < 1.29 is 93.5 Å². The number of carboxylic acids is 1. The van der Waals surface area contributed by atoms with Crippen LogP contribution in [0.4, 0.5) is 0 Å². The summed E-state index contributed by atoms with van der Waals surface area (Å²) in [5.74, 6) is -11.8. The molecule has 15 N–H and O–H groups in total. The topological polar surface area (TPSA) is 439 Å². The van der Waals surface area contributed by atoms with E-state index in [2.05, 4.69) is 38.5 Å². The lowest BCUT2D eigenvalue weighted by molar-refractivity contribution is -0.147. The van der Waals surface area contributed by atoms with E-state index in [9.17, 15) is 78.9 Å². The molecule has 3 fully saturated rings. The average molecular weight is 1230 g/mol. The summed E-state index contributed by atoms with van der Waals surface area (Å²) in [5.41, 5.74) is 7.04. The van der Waals surface area contributed by atoms with E-state index in [1.807, 2.05) is 24.3 Å². The first-order chi connectivity index (χ1) is 41.3. The Morgan fingerprint density at radius 1 is 0.782 bits per heavy atom. The lowest BCUT2D eigenvalue weighted by Crippen LogP contribution is -2.64. The molecule has 29 heteroatoms. The maximum atomic E-state index is 14.7. The van der Waals surface area contributed by atoms with E-state index in [1.54, 1.807) is 18.3 Å². The summed E-state index contributed by atoms with van der Waals surface area (Å²) in [6.07, 6.45) is -8.88. The van der Waals surface area contributed by atoms with Crippen LogP contribution in [0.2, 0.25) is 0 Å². The molecule has 3 saturated heterocycles. The number of carboxylic acid groups (broad SMARTS) is 1. The summed E-state index contributed by atoms with van der Waals surface area (Å²) < 4.78 is 11.0. The number of nitrogens with zero attached hydrogens (tertiary/aromatic N) is 3. The number of benzene rings is 3. The van der Waals surface area contributed by atoms with Crippen LogP contribution in [0.3, 0.4) is 0 Å². The van der Waals surface area contributed by atoms with Crippen molar-refractivity contribution in [3.05, 3.63) is 84.1 Å². The highest BCUT2D eigenvalue weighted by atomic mass is 32.1. The normalized spacial score (nSPS) is 25.3. The van der Waals surface area contributed by atoms with Crippen molar-refractivity contribution in [2.75, 3.05) is 32.8 Å². The maximum Gasteiger partial charge on any atom is 0.341 e. The van der Waals surface area contributed by atoms with Crippen LogP contribution in [0.15, 0.2) is 72.9 Å². The number of amides is 8. The van der Waals surface area contributed by atoms with Crippen LogP contribution in [-0.4, -0.2) is 215 Å². The lowest BCUT2D eigenvalue weighted by atomic mass is 9.98. The molecule has 4 heterocycles. The first kappa shape index (κ1) is 66.2. The van der Waals surface area contributed by atoms with Gasteiger partial charge in [-0.25, -0.2) is 9.78 Å². The Kier molecular flexibility index (Phi) is 22.7. The third kappa shape index (κ3) is 17.0. The van der Waals surface area contributed by atoms with Gasteiger partial charge in [0.25, 0.3) is 5.91 Å². The number of aromatic nitrogens is 1. The van der Waals surface area contributed by atoms with Gasteiger partial charge in [-0.15, -0.1) is 11.3 Å². The summed E-state index contributed by atoms with van der Waals surface area (Å²) in [5, 5.41) is 100. The first-order valence-electron chi connectivity index (χ1n) is 28.3. The zero-order valence-corrected chi connectivity index (χ0v) is 48.6. The minimum atomic E-state index is -2.22. The van der Waals surface area contributed by atoms with Gasteiger partial charge in [0, 0.05) is 62.1 Å². The molecule has 3 aromatic carbocycles. The molecule has 0 spiro atoms. The van der Waals surface area contributed by atoms with E-state index in [1.165, 1.54) is 36.5 Å². The molecule has 87 heavy (non-hydrogen) atoms. The molecule has 13 atom stereocenters. The molecule has 1 aromatic heterocycles. The number of nitrogens with one attached hydrogen (secondary N) is 5. The molecule has 8 amide bonds. The highest BCUT2D eigenvalue weighted by molar-refractivity contribution is 7.18. The number of aliphatic carboxylic acids is 1. The summed E-state index contributed by atoms with van der Waals surface area (Å²) >= 11 is 1.40. The van der Waals surface area contributed by atoms with Crippen LogP contribution in [0.5, 0.6) is 17.2 Å². The fourth-order valence-corrected chi connectivity index (χ4v) is 11.3. The Bertz CT molecular complexity index is 3130. The second kappa shape index (κ2) is 29.9. The van der Waals surface area contributed by atoms with E-state index in [4.69, 9.17) is 20.3 Å². The number of β-amino-alcohol motifs (C(OH)–C–C–N with tert-alkyl or cyclic N) is 1. The Balaban J connectivity index is 1.19. The van der Waals surface area contributed by atoms with Crippen LogP contribution in [0.25, 0.3) is 21.0 Å². The van der Waals surface area contributed by atoms with Crippen LogP contribution in [0, 0.1) is 5.92 Å². The van der Waals surface area contributed by atoms with Gasteiger partial charge in [0.2, 0.25) is 41.4 Å². The van der Waals surface area contributed by atoms with Gasteiger partial charge in [0.1, 0.15) is 47.0 Å². The number of fused-ring (bicyclic) bond motifs is 2. The summed E-state index contributed by atoms with van der Waals surface area (Å²) in [4.78, 5) is 131. The number of carbonyl (C=O) groups is 9. The Morgan fingerprint density at radius 3 is 2.11 bits per heavy atom.